The SMILES string of the molecule is CS(=O)(=O)c1ccc(-c2nnc3cncc(OCCc4ccc(F)c(F)c4)n23)cc1. The number of fused-ring (bicyclic) bond motifs is 1. The van der Waals surface area contributed by atoms with E-state index < -0.39 is 21.5 Å². The molecular formula is C20H16F2N4O3S. The third-order valence-electron chi connectivity index (χ3n) is 4.45. The fraction of sp³-hybridized carbons (Fsp3) is 0.150. The fourth-order valence-electron chi connectivity index (χ4n) is 2.93. The van der Waals surface area contributed by atoms with Crippen molar-refractivity contribution in [1.82, 2.24) is 19.6 Å². The summed E-state index contributed by atoms with van der Waals surface area (Å²) in [6.45, 7) is 0.191. The van der Waals surface area contributed by atoms with Gasteiger partial charge in [-0.15, -0.1) is 10.2 Å². The topological polar surface area (TPSA) is 86.5 Å². The van der Waals surface area contributed by atoms with E-state index in [1.54, 1.807) is 16.5 Å². The van der Waals surface area contributed by atoms with E-state index in [9.17, 15) is 17.2 Å². The highest BCUT2D eigenvalue weighted by Crippen LogP contribution is 2.24. The molecule has 154 valence electrons. The van der Waals surface area contributed by atoms with Gasteiger partial charge in [0.25, 0.3) is 0 Å². The lowest BCUT2D eigenvalue weighted by Crippen LogP contribution is -2.06. The highest BCUT2D eigenvalue weighted by atomic mass is 32.2. The van der Waals surface area contributed by atoms with E-state index >= 15 is 0 Å². The molecule has 2 aromatic carbocycles. The molecule has 2 heterocycles. The van der Waals surface area contributed by atoms with E-state index in [1.165, 1.54) is 30.6 Å². The van der Waals surface area contributed by atoms with Crippen molar-refractivity contribution in [2.75, 3.05) is 12.9 Å². The van der Waals surface area contributed by atoms with Gasteiger partial charge in [0.15, 0.2) is 32.9 Å². The van der Waals surface area contributed by atoms with E-state index in [2.05, 4.69) is 15.2 Å². The van der Waals surface area contributed by atoms with Gasteiger partial charge in [-0.2, -0.15) is 0 Å². The van der Waals surface area contributed by atoms with E-state index in [1.807, 2.05) is 0 Å². The van der Waals surface area contributed by atoms with Gasteiger partial charge in [0, 0.05) is 18.2 Å². The van der Waals surface area contributed by atoms with Crippen LogP contribution in [-0.2, 0) is 16.3 Å². The zero-order valence-electron chi connectivity index (χ0n) is 15.8. The number of rotatable bonds is 6. The van der Waals surface area contributed by atoms with Gasteiger partial charge in [0.05, 0.1) is 23.9 Å². The first kappa shape index (κ1) is 19.9. The molecule has 0 aliphatic carbocycles. The van der Waals surface area contributed by atoms with Crippen LogP contribution in [0.3, 0.4) is 0 Å². The number of nitrogens with zero attached hydrogens (tertiary/aromatic N) is 4. The number of ether oxygens (including phenoxy) is 1. The van der Waals surface area contributed by atoms with Gasteiger partial charge in [-0.05, 0) is 42.0 Å². The lowest BCUT2D eigenvalue weighted by Gasteiger charge is -2.10. The Hall–Kier alpha value is -3.40. The number of halogens is 2. The second-order valence-electron chi connectivity index (χ2n) is 6.61. The molecule has 0 radical (unpaired) electrons. The Kier molecular flexibility index (Phi) is 5.17. The lowest BCUT2D eigenvalue weighted by atomic mass is 10.1. The first-order valence-corrected chi connectivity index (χ1v) is 10.8. The molecule has 0 spiro atoms. The molecular weight excluding hydrogens is 414 g/mol. The van der Waals surface area contributed by atoms with Crippen molar-refractivity contribution in [2.24, 2.45) is 0 Å². The molecule has 7 nitrogen and oxygen atoms in total. The average Bonchev–Trinajstić information content (AvgIpc) is 3.15. The average molecular weight is 430 g/mol. The van der Waals surface area contributed by atoms with Crippen molar-refractivity contribution in [3.05, 3.63) is 72.1 Å². The Morgan fingerprint density at radius 3 is 2.47 bits per heavy atom. The molecule has 0 atom stereocenters. The highest BCUT2D eigenvalue weighted by molar-refractivity contribution is 7.90. The predicted molar refractivity (Wildman–Crippen MR) is 105 cm³/mol. The molecule has 0 fully saturated rings. The van der Waals surface area contributed by atoms with E-state index in [0.29, 0.717) is 34.9 Å². The minimum atomic E-state index is -3.31. The summed E-state index contributed by atoms with van der Waals surface area (Å²) in [5.74, 6) is -0.989. The number of sulfone groups is 1. The van der Waals surface area contributed by atoms with Crippen molar-refractivity contribution in [1.29, 1.82) is 0 Å². The zero-order valence-corrected chi connectivity index (χ0v) is 16.6. The molecule has 0 aliphatic rings. The van der Waals surface area contributed by atoms with Crippen LogP contribution < -0.4 is 4.74 Å². The Bertz CT molecular complexity index is 1320. The Morgan fingerprint density at radius 1 is 1.00 bits per heavy atom. The molecule has 2 aromatic heterocycles. The summed E-state index contributed by atoms with van der Waals surface area (Å²) in [6, 6.07) is 9.97. The summed E-state index contributed by atoms with van der Waals surface area (Å²) >= 11 is 0. The van der Waals surface area contributed by atoms with E-state index in [-0.39, 0.29) is 11.5 Å². The van der Waals surface area contributed by atoms with Gasteiger partial charge < -0.3 is 4.74 Å². The van der Waals surface area contributed by atoms with Crippen molar-refractivity contribution < 1.29 is 21.9 Å². The predicted octanol–water partition coefficient (Wildman–Crippen LogP) is 3.09. The second-order valence-corrected chi connectivity index (χ2v) is 8.62. The monoisotopic (exact) mass is 430 g/mol. The molecule has 30 heavy (non-hydrogen) atoms. The summed E-state index contributed by atoms with van der Waals surface area (Å²) < 4.78 is 57.2. The first-order chi connectivity index (χ1) is 14.3. The number of aromatic nitrogens is 4. The molecule has 0 saturated carbocycles. The molecule has 0 bridgehead atoms. The van der Waals surface area contributed by atoms with Gasteiger partial charge in [-0.3, -0.25) is 4.98 Å². The van der Waals surface area contributed by atoms with Gasteiger partial charge in [-0.25, -0.2) is 21.6 Å². The zero-order chi connectivity index (χ0) is 21.3. The van der Waals surface area contributed by atoms with Crippen LogP contribution >= 0.6 is 0 Å². The van der Waals surface area contributed by atoms with E-state index in [0.717, 1.165) is 18.4 Å². The minimum absolute atomic E-state index is 0.191. The third-order valence-corrected chi connectivity index (χ3v) is 5.58. The molecule has 0 N–H and O–H groups in total. The molecule has 4 aromatic rings. The summed E-state index contributed by atoms with van der Waals surface area (Å²) in [5.41, 5.74) is 1.68. The van der Waals surface area contributed by atoms with Gasteiger partial charge in [-0.1, -0.05) is 6.07 Å². The second kappa shape index (κ2) is 7.79. The number of hydrogen-bond acceptors (Lipinski definition) is 6. The van der Waals surface area contributed by atoms with Crippen LogP contribution in [0.15, 0.2) is 59.8 Å². The van der Waals surface area contributed by atoms with Crippen molar-refractivity contribution in [3.8, 4) is 17.3 Å². The molecule has 0 unspecified atom stereocenters. The van der Waals surface area contributed by atoms with Crippen LogP contribution in [0, 0.1) is 11.6 Å². The molecule has 10 heteroatoms. The highest BCUT2D eigenvalue weighted by Gasteiger charge is 2.14. The third kappa shape index (κ3) is 3.99. The summed E-state index contributed by atoms with van der Waals surface area (Å²) in [6.07, 6.45) is 4.51. The van der Waals surface area contributed by atoms with Crippen LogP contribution in [0.2, 0.25) is 0 Å². The van der Waals surface area contributed by atoms with Gasteiger partial charge >= 0.3 is 0 Å². The normalized spacial score (nSPS) is 11.7. The molecule has 0 aliphatic heterocycles. The van der Waals surface area contributed by atoms with Crippen molar-refractivity contribution in [3.63, 3.8) is 0 Å². The van der Waals surface area contributed by atoms with Crippen LogP contribution in [0.1, 0.15) is 5.56 Å². The van der Waals surface area contributed by atoms with Crippen LogP contribution in [0.25, 0.3) is 17.0 Å². The number of benzene rings is 2. The van der Waals surface area contributed by atoms with Gasteiger partial charge in [0.2, 0.25) is 5.88 Å². The standard InChI is InChI=1S/C20H16F2N4O3S/c1-30(27,28)15-5-3-14(4-6-15)20-25-24-18-11-23-12-19(26(18)20)29-9-8-13-2-7-16(21)17(22)10-13/h2-7,10-12H,8-9H2,1H3. The summed E-state index contributed by atoms with van der Waals surface area (Å²) in [5, 5.41) is 8.23. The summed E-state index contributed by atoms with van der Waals surface area (Å²) in [4.78, 5) is 4.28. The van der Waals surface area contributed by atoms with Crippen molar-refractivity contribution >= 4 is 15.5 Å². The lowest BCUT2D eigenvalue weighted by molar-refractivity contribution is 0.304. The largest absolute Gasteiger partial charge is 0.477 e. The molecule has 0 saturated heterocycles. The molecule has 0 amide bonds. The Balaban J connectivity index is 1.60. The maximum Gasteiger partial charge on any atom is 0.220 e. The smallest absolute Gasteiger partial charge is 0.220 e. The van der Waals surface area contributed by atoms with Gasteiger partial charge in [0.1, 0.15) is 0 Å². The van der Waals surface area contributed by atoms with Crippen LogP contribution in [0.5, 0.6) is 5.88 Å². The van der Waals surface area contributed by atoms with Crippen LogP contribution in [-0.4, -0.2) is 40.9 Å². The first-order valence-electron chi connectivity index (χ1n) is 8.89. The quantitative estimate of drug-likeness (QED) is 0.467. The van der Waals surface area contributed by atoms with Crippen molar-refractivity contribution in [2.45, 2.75) is 11.3 Å². The maximum absolute atomic E-state index is 13.4. The maximum atomic E-state index is 13.4. The van der Waals surface area contributed by atoms with E-state index in [4.69, 9.17) is 4.74 Å². The Labute approximate surface area is 170 Å². The number of hydrogen-bond donors (Lipinski definition) is 0. The molecule has 4 rings (SSSR count). The minimum Gasteiger partial charge on any atom is -0.477 e. The van der Waals surface area contributed by atoms with Crippen LogP contribution in [0.4, 0.5) is 8.78 Å². The summed E-state index contributed by atoms with van der Waals surface area (Å²) in [7, 11) is -3.31. The fourth-order valence-corrected chi connectivity index (χ4v) is 3.56. The Morgan fingerprint density at radius 2 is 1.77 bits per heavy atom.